The molecule has 2 N–H and O–H groups in total. The number of benzene rings is 1. The second kappa shape index (κ2) is 8.95. The van der Waals surface area contributed by atoms with Crippen LogP contribution in [0.1, 0.15) is 44.9 Å². The Bertz CT molecular complexity index is 806. The molecule has 1 aliphatic rings. The van der Waals surface area contributed by atoms with Crippen molar-refractivity contribution in [2.24, 2.45) is 4.99 Å². The third kappa shape index (κ3) is 5.38. The van der Waals surface area contributed by atoms with E-state index in [4.69, 9.17) is 4.42 Å². The van der Waals surface area contributed by atoms with Gasteiger partial charge in [-0.1, -0.05) is 45.1 Å². The molecule has 0 unspecified atom stereocenters. The highest BCUT2D eigenvalue weighted by Gasteiger charge is 2.19. The molecule has 6 heteroatoms. The third-order valence-corrected chi connectivity index (χ3v) is 4.58. The molecule has 1 aromatic carbocycles. The normalized spacial score (nSPS) is 14.6. The minimum absolute atomic E-state index is 0.0405. The van der Waals surface area contributed by atoms with Crippen LogP contribution in [-0.4, -0.2) is 30.6 Å². The molecule has 0 bridgehead atoms. The molecule has 0 amide bonds. The zero-order valence-corrected chi connectivity index (χ0v) is 17.3. The lowest BCUT2D eigenvalue weighted by Crippen LogP contribution is -2.36. The molecule has 6 nitrogen and oxygen atoms in total. The van der Waals surface area contributed by atoms with Crippen molar-refractivity contribution in [2.75, 3.05) is 24.5 Å². The van der Waals surface area contributed by atoms with Crippen molar-refractivity contribution < 1.29 is 4.42 Å². The summed E-state index contributed by atoms with van der Waals surface area (Å²) in [6.07, 6.45) is 6.20. The molecule has 0 aliphatic carbocycles. The maximum Gasteiger partial charge on any atom is 0.213 e. The maximum atomic E-state index is 5.84. The quantitative estimate of drug-likeness (QED) is 0.455. The SMILES string of the molecule is CCNC(=NCc1ccc(N2CC=CC2)cc1)NCc1ncc(C(C)(C)C)o1. The largest absolute Gasteiger partial charge is 0.443 e. The first-order valence-electron chi connectivity index (χ1n) is 9.92. The summed E-state index contributed by atoms with van der Waals surface area (Å²) in [5.74, 6) is 2.31. The Labute approximate surface area is 167 Å². The summed E-state index contributed by atoms with van der Waals surface area (Å²) in [5, 5.41) is 6.56. The lowest BCUT2D eigenvalue weighted by molar-refractivity contribution is 0.379. The second-order valence-electron chi connectivity index (χ2n) is 7.96. The molecule has 0 saturated heterocycles. The van der Waals surface area contributed by atoms with E-state index in [9.17, 15) is 0 Å². The van der Waals surface area contributed by atoms with E-state index in [0.717, 1.165) is 31.4 Å². The molecule has 3 rings (SSSR count). The van der Waals surface area contributed by atoms with Gasteiger partial charge in [-0.15, -0.1) is 0 Å². The molecule has 1 aliphatic heterocycles. The van der Waals surface area contributed by atoms with Crippen LogP contribution in [0.25, 0.3) is 0 Å². The van der Waals surface area contributed by atoms with Crippen LogP contribution in [0.15, 0.2) is 52.0 Å². The summed E-state index contributed by atoms with van der Waals surface area (Å²) < 4.78 is 5.84. The van der Waals surface area contributed by atoms with Crippen molar-refractivity contribution in [3.63, 3.8) is 0 Å². The molecule has 0 radical (unpaired) electrons. The van der Waals surface area contributed by atoms with E-state index in [1.807, 2.05) is 0 Å². The molecular weight excluding hydrogens is 350 g/mol. The molecule has 0 atom stereocenters. The molecular formula is C22H31N5O. The van der Waals surface area contributed by atoms with Crippen LogP contribution in [-0.2, 0) is 18.5 Å². The number of nitrogens with one attached hydrogen (secondary N) is 2. The van der Waals surface area contributed by atoms with E-state index in [1.54, 1.807) is 6.20 Å². The number of nitrogens with zero attached hydrogens (tertiary/aromatic N) is 3. The van der Waals surface area contributed by atoms with Gasteiger partial charge in [0.1, 0.15) is 5.76 Å². The topological polar surface area (TPSA) is 65.7 Å². The Kier molecular flexibility index (Phi) is 6.39. The monoisotopic (exact) mass is 381 g/mol. The zero-order valence-electron chi connectivity index (χ0n) is 17.3. The van der Waals surface area contributed by atoms with Gasteiger partial charge in [0.2, 0.25) is 5.89 Å². The van der Waals surface area contributed by atoms with Crippen molar-refractivity contribution in [1.82, 2.24) is 15.6 Å². The van der Waals surface area contributed by atoms with E-state index in [0.29, 0.717) is 19.0 Å². The predicted octanol–water partition coefficient (Wildman–Crippen LogP) is 3.60. The van der Waals surface area contributed by atoms with Crippen LogP contribution in [0.2, 0.25) is 0 Å². The van der Waals surface area contributed by atoms with Crippen molar-refractivity contribution >= 4 is 11.6 Å². The second-order valence-corrected chi connectivity index (χ2v) is 7.96. The summed E-state index contributed by atoms with van der Waals surface area (Å²) in [4.78, 5) is 11.4. The number of rotatable bonds is 6. The van der Waals surface area contributed by atoms with Crippen LogP contribution >= 0.6 is 0 Å². The van der Waals surface area contributed by atoms with Crippen molar-refractivity contribution in [1.29, 1.82) is 0 Å². The van der Waals surface area contributed by atoms with Gasteiger partial charge in [-0.3, -0.25) is 0 Å². The Morgan fingerprint density at radius 1 is 1.14 bits per heavy atom. The summed E-state index contributed by atoms with van der Waals surface area (Å²) >= 11 is 0. The highest BCUT2D eigenvalue weighted by atomic mass is 16.4. The first-order chi connectivity index (χ1) is 13.5. The first kappa shape index (κ1) is 20.0. The number of hydrogen-bond donors (Lipinski definition) is 2. The van der Waals surface area contributed by atoms with Gasteiger partial charge in [0.05, 0.1) is 19.3 Å². The smallest absolute Gasteiger partial charge is 0.213 e. The van der Waals surface area contributed by atoms with E-state index in [1.165, 1.54) is 11.3 Å². The van der Waals surface area contributed by atoms with E-state index >= 15 is 0 Å². The number of hydrogen-bond acceptors (Lipinski definition) is 4. The molecule has 28 heavy (non-hydrogen) atoms. The van der Waals surface area contributed by atoms with E-state index < -0.39 is 0 Å². The molecule has 0 fully saturated rings. The molecule has 2 aromatic rings. The standard InChI is InChI=1S/C22H31N5O/c1-5-23-21(26-16-20-24-15-19(28-20)22(2,3)4)25-14-17-8-10-18(11-9-17)27-12-6-7-13-27/h6-11,15H,5,12-14,16H2,1-4H3,(H2,23,25,26). The summed E-state index contributed by atoms with van der Waals surface area (Å²) in [5.41, 5.74) is 2.39. The van der Waals surface area contributed by atoms with E-state index in [2.05, 4.69) is 89.6 Å². The fourth-order valence-electron chi connectivity index (χ4n) is 2.91. The lowest BCUT2D eigenvalue weighted by Gasteiger charge is -2.17. The molecule has 1 aromatic heterocycles. The Morgan fingerprint density at radius 3 is 2.46 bits per heavy atom. The van der Waals surface area contributed by atoms with E-state index in [-0.39, 0.29) is 5.41 Å². The van der Waals surface area contributed by atoms with Gasteiger partial charge in [0, 0.05) is 30.7 Å². The van der Waals surface area contributed by atoms with Gasteiger partial charge in [-0.2, -0.15) is 0 Å². The van der Waals surface area contributed by atoms with Gasteiger partial charge in [0.15, 0.2) is 5.96 Å². The fraction of sp³-hybridized carbons (Fsp3) is 0.455. The molecule has 0 saturated carbocycles. The summed E-state index contributed by atoms with van der Waals surface area (Å²) in [6, 6.07) is 8.62. The summed E-state index contributed by atoms with van der Waals surface area (Å²) in [6.45, 7) is 12.3. The highest BCUT2D eigenvalue weighted by molar-refractivity contribution is 5.79. The number of aromatic nitrogens is 1. The fourth-order valence-corrected chi connectivity index (χ4v) is 2.91. The van der Waals surface area contributed by atoms with Crippen LogP contribution < -0.4 is 15.5 Å². The van der Waals surface area contributed by atoms with Crippen LogP contribution in [0, 0.1) is 0 Å². The van der Waals surface area contributed by atoms with Crippen LogP contribution in [0.5, 0.6) is 0 Å². The van der Waals surface area contributed by atoms with Gasteiger partial charge >= 0.3 is 0 Å². The minimum Gasteiger partial charge on any atom is -0.443 e. The number of oxazole rings is 1. The first-order valence-corrected chi connectivity index (χ1v) is 9.92. The van der Waals surface area contributed by atoms with Crippen molar-refractivity contribution in [2.45, 2.75) is 46.2 Å². The van der Waals surface area contributed by atoms with Crippen LogP contribution in [0.4, 0.5) is 5.69 Å². The maximum absolute atomic E-state index is 5.84. The highest BCUT2D eigenvalue weighted by Crippen LogP contribution is 2.22. The zero-order chi connectivity index (χ0) is 20.0. The molecule has 0 spiro atoms. The number of anilines is 1. The van der Waals surface area contributed by atoms with Gasteiger partial charge in [-0.25, -0.2) is 9.98 Å². The molecule has 150 valence electrons. The number of guanidine groups is 1. The Balaban J connectivity index is 1.57. The third-order valence-electron chi connectivity index (χ3n) is 4.58. The Morgan fingerprint density at radius 2 is 1.86 bits per heavy atom. The average Bonchev–Trinajstić information content (AvgIpc) is 3.36. The van der Waals surface area contributed by atoms with Gasteiger partial charge in [-0.05, 0) is 24.6 Å². The van der Waals surface area contributed by atoms with Gasteiger partial charge in [0.25, 0.3) is 0 Å². The summed E-state index contributed by atoms with van der Waals surface area (Å²) in [7, 11) is 0. The van der Waals surface area contributed by atoms with Crippen molar-refractivity contribution in [3.05, 3.63) is 59.8 Å². The van der Waals surface area contributed by atoms with Gasteiger partial charge < -0.3 is 20.0 Å². The molecule has 2 heterocycles. The van der Waals surface area contributed by atoms with Crippen LogP contribution in [0.3, 0.4) is 0 Å². The Hall–Kier alpha value is -2.76. The number of aliphatic imine (C=N–C) groups is 1. The van der Waals surface area contributed by atoms with Crippen molar-refractivity contribution in [3.8, 4) is 0 Å². The minimum atomic E-state index is -0.0405. The predicted molar refractivity (Wildman–Crippen MR) is 115 cm³/mol. The average molecular weight is 382 g/mol. The lowest BCUT2D eigenvalue weighted by atomic mass is 9.94.